The number of hydrogen-bond donors (Lipinski definition) is 4. The second-order valence-electron chi connectivity index (χ2n) is 5.54. The maximum atomic E-state index is 11.8. The van der Waals surface area contributed by atoms with E-state index in [4.69, 9.17) is 10.9 Å². The van der Waals surface area contributed by atoms with Crippen LogP contribution in [0.1, 0.15) is 19.4 Å². The Morgan fingerprint density at radius 3 is 2.48 bits per heavy atom. The van der Waals surface area contributed by atoms with E-state index in [1.54, 1.807) is 32.0 Å². The van der Waals surface area contributed by atoms with E-state index in [9.17, 15) is 18.0 Å². The third-order valence-corrected chi connectivity index (χ3v) is 3.76. The summed E-state index contributed by atoms with van der Waals surface area (Å²) in [5.74, 6) is -1.20. The molecule has 128 valence electrons. The Labute approximate surface area is 135 Å². The number of nitrogens with one attached hydrogen (secondary N) is 2. The summed E-state index contributed by atoms with van der Waals surface area (Å²) in [7, 11) is -3.65. The molecule has 2 amide bonds. The van der Waals surface area contributed by atoms with Crippen LogP contribution >= 0.6 is 0 Å². The lowest BCUT2D eigenvalue weighted by molar-refractivity contribution is -0.125. The molecule has 6 N–H and O–H groups in total. The summed E-state index contributed by atoms with van der Waals surface area (Å²) < 4.78 is 22.1. The molecule has 0 aromatic heterocycles. The van der Waals surface area contributed by atoms with Crippen LogP contribution in [0.15, 0.2) is 24.3 Å². The molecule has 0 unspecified atom stereocenters. The minimum absolute atomic E-state index is 0.0343. The van der Waals surface area contributed by atoms with Crippen LogP contribution in [0, 0.1) is 5.92 Å². The van der Waals surface area contributed by atoms with Gasteiger partial charge in [0.25, 0.3) is 0 Å². The lowest BCUT2D eigenvalue weighted by Gasteiger charge is -2.15. The molecular weight excluding hydrogens is 320 g/mol. The number of carbonyl (C=O) groups excluding carboxylic acids is 2. The molecule has 23 heavy (non-hydrogen) atoms. The third kappa shape index (κ3) is 7.22. The molecule has 8 nitrogen and oxygen atoms in total. The van der Waals surface area contributed by atoms with Crippen molar-refractivity contribution in [2.75, 3.05) is 11.9 Å². The summed E-state index contributed by atoms with van der Waals surface area (Å²) >= 11 is 0. The first-order valence-corrected chi connectivity index (χ1v) is 8.72. The van der Waals surface area contributed by atoms with Crippen molar-refractivity contribution >= 4 is 27.5 Å². The average Bonchev–Trinajstić information content (AvgIpc) is 2.42. The van der Waals surface area contributed by atoms with Gasteiger partial charge in [-0.2, -0.15) is 0 Å². The van der Waals surface area contributed by atoms with Crippen LogP contribution < -0.4 is 21.5 Å². The molecule has 0 heterocycles. The van der Waals surface area contributed by atoms with Gasteiger partial charge in [-0.25, -0.2) is 13.6 Å². The number of hydrogen-bond acceptors (Lipinski definition) is 5. The van der Waals surface area contributed by atoms with Gasteiger partial charge in [0, 0.05) is 5.69 Å². The Balaban J connectivity index is 2.58. The zero-order chi connectivity index (χ0) is 17.6. The highest BCUT2D eigenvalue weighted by atomic mass is 32.2. The Kier molecular flexibility index (Phi) is 6.67. The molecule has 9 heteroatoms. The van der Waals surface area contributed by atoms with Gasteiger partial charge >= 0.3 is 0 Å². The lowest BCUT2D eigenvalue weighted by atomic mass is 10.1. The largest absolute Gasteiger partial charge is 0.346 e. The molecule has 1 rings (SSSR count). The van der Waals surface area contributed by atoms with Crippen molar-refractivity contribution in [3.8, 4) is 0 Å². The summed E-state index contributed by atoms with van der Waals surface area (Å²) in [6, 6.07) is 5.61. The van der Waals surface area contributed by atoms with E-state index in [1.165, 1.54) is 6.07 Å². The van der Waals surface area contributed by atoms with Crippen LogP contribution in [-0.2, 0) is 25.4 Å². The minimum atomic E-state index is -3.65. The van der Waals surface area contributed by atoms with Crippen molar-refractivity contribution in [3.63, 3.8) is 0 Å². The summed E-state index contributed by atoms with van der Waals surface area (Å²) in [6.45, 7) is 3.39. The summed E-state index contributed by atoms with van der Waals surface area (Å²) in [6.07, 6.45) is 0. The third-order valence-electron chi connectivity index (χ3n) is 3.02. The van der Waals surface area contributed by atoms with Crippen molar-refractivity contribution in [1.29, 1.82) is 0 Å². The fraction of sp³-hybridized carbons (Fsp3) is 0.429. The van der Waals surface area contributed by atoms with Crippen LogP contribution in [0.4, 0.5) is 5.69 Å². The molecule has 0 saturated heterocycles. The van der Waals surface area contributed by atoms with E-state index in [-0.39, 0.29) is 18.2 Å². The van der Waals surface area contributed by atoms with Gasteiger partial charge < -0.3 is 16.4 Å². The molecule has 0 spiro atoms. The summed E-state index contributed by atoms with van der Waals surface area (Å²) in [5.41, 5.74) is 6.54. The number of rotatable bonds is 7. The van der Waals surface area contributed by atoms with Gasteiger partial charge in [0.05, 0.1) is 18.3 Å². The molecule has 0 bridgehead atoms. The van der Waals surface area contributed by atoms with Crippen molar-refractivity contribution in [3.05, 3.63) is 29.8 Å². The van der Waals surface area contributed by atoms with Gasteiger partial charge in [-0.05, 0) is 23.6 Å². The van der Waals surface area contributed by atoms with Gasteiger partial charge in [-0.1, -0.05) is 26.0 Å². The minimum Gasteiger partial charge on any atom is -0.346 e. The second-order valence-corrected chi connectivity index (χ2v) is 7.16. The molecule has 0 aliphatic carbocycles. The van der Waals surface area contributed by atoms with Crippen molar-refractivity contribution in [2.45, 2.75) is 25.6 Å². The highest BCUT2D eigenvalue weighted by Gasteiger charge is 2.17. The quantitative estimate of drug-likeness (QED) is 0.528. The molecule has 0 saturated carbocycles. The van der Waals surface area contributed by atoms with Gasteiger partial charge in [-0.15, -0.1) is 0 Å². The van der Waals surface area contributed by atoms with E-state index >= 15 is 0 Å². The first-order valence-electron chi connectivity index (χ1n) is 7.01. The van der Waals surface area contributed by atoms with Gasteiger partial charge in [0.2, 0.25) is 21.8 Å². The maximum Gasteiger partial charge on any atom is 0.243 e. The highest BCUT2D eigenvalue weighted by Crippen LogP contribution is 2.12. The number of nitrogens with two attached hydrogens (primary N) is 2. The molecule has 0 radical (unpaired) electrons. The standard InChI is InChI=1S/C14H22N4O4S/c1-9(2)13(15)14(20)17-7-12(19)18-11-5-3-4-10(6-11)8-23(16,21)22/h3-6,9,13H,7-8,15H2,1-2H3,(H,17,20)(H,18,19)(H2,16,21,22)/t13-/m0/s1. The average molecular weight is 342 g/mol. The van der Waals surface area contributed by atoms with Crippen LogP contribution in [0.5, 0.6) is 0 Å². The zero-order valence-electron chi connectivity index (χ0n) is 13.1. The van der Waals surface area contributed by atoms with E-state index in [2.05, 4.69) is 10.6 Å². The van der Waals surface area contributed by atoms with E-state index in [0.29, 0.717) is 11.3 Å². The first kappa shape index (κ1) is 19.1. The Morgan fingerprint density at radius 2 is 1.91 bits per heavy atom. The predicted molar refractivity (Wildman–Crippen MR) is 87.7 cm³/mol. The molecule has 0 fully saturated rings. The van der Waals surface area contributed by atoms with E-state index in [1.807, 2.05) is 0 Å². The molecule has 1 aromatic carbocycles. The van der Waals surface area contributed by atoms with Crippen LogP contribution in [-0.4, -0.2) is 32.8 Å². The molecule has 0 aliphatic rings. The molecular formula is C14H22N4O4S. The van der Waals surface area contributed by atoms with Crippen molar-refractivity contribution in [2.24, 2.45) is 16.8 Å². The monoisotopic (exact) mass is 342 g/mol. The summed E-state index contributed by atoms with van der Waals surface area (Å²) in [5, 5.41) is 9.98. The van der Waals surface area contributed by atoms with Gasteiger partial charge in [0.1, 0.15) is 0 Å². The van der Waals surface area contributed by atoms with Crippen LogP contribution in [0.25, 0.3) is 0 Å². The number of anilines is 1. The fourth-order valence-corrected chi connectivity index (χ4v) is 2.41. The highest BCUT2D eigenvalue weighted by molar-refractivity contribution is 7.88. The summed E-state index contributed by atoms with van der Waals surface area (Å²) in [4.78, 5) is 23.5. The van der Waals surface area contributed by atoms with Crippen LogP contribution in [0.3, 0.4) is 0 Å². The topological polar surface area (TPSA) is 144 Å². The molecule has 1 aromatic rings. The fourth-order valence-electron chi connectivity index (χ4n) is 1.76. The SMILES string of the molecule is CC(C)[C@H](N)C(=O)NCC(=O)Nc1cccc(CS(N)(=O)=O)c1. The second kappa shape index (κ2) is 8.04. The predicted octanol–water partition coefficient (Wildman–Crippen LogP) is -0.487. The van der Waals surface area contributed by atoms with Crippen molar-refractivity contribution < 1.29 is 18.0 Å². The zero-order valence-corrected chi connectivity index (χ0v) is 13.9. The van der Waals surface area contributed by atoms with Crippen LogP contribution in [0.2, 0.25) is 0 Å². The number of amides is 2. The number of carbonyl (C=O) groups is 2. The van der Waals surface area contributed by atoms with Gasteiger partial charge in [0.15, 0.2) is 0 Å². The number of sulfonamides is 1. The smallest absolute Gasteiger partial charge is 0.243 e. The lowest BCUT2D eigenvalue weighted by Crippen LogP contribution is -2.46. The van der Waals surface area contributed by atoms with E-state index < -0.39 is 27.9 Å². The number of primary sulfonamides is 1. The van der Waals surface area contributed by atoms with E-state index in [0.717, 1.165) is 0 Å². The Morgan fingerprint density at radius 1 is 1.26 bits per heavy atom. The molecule has 1 atom stereocenters. The Bertz CT molecular complexity index is 673. The van der Waals surface area contributed by atoms with Crippen molar-refractivity contribution in [1.82, 2.24) is 5.32 Å². The first-order chi connectivity index (χ1) is 10.6. The molecule has 0 aliphatic heterocycles. The maximum absolute atomic E-state index is 11.8. The normalized spacial score (nSPS) is 12.7. The number of benzene rings is 1. The Hall–Kier alpha value is -1.97. The van der Waals surface area contributed by atoms with Gasteiger partial charge in [-0.3, -0.25) is 9.59 Å².